The van der Waals surface area contributed by atoms with Gasteiger partial charge in [-0.3, -0.25) is 4.79 Å². The number of amides is 1. The number of aromatic nitrogens is 1. The van der Waals surface area contributed by atoms with Crippen molar-refractivity contribution < 1.29 is 9.21 Å². The van der Waals surface area contributed by atoms with Gasteiger partial charge in [0, 0.05) is 23.7 Å². The lowest BCUT2D eigenvalue weighted by Crippen LogP contribution is -2.14. The van der Waals surface area contributed by atoms with Gasteiger partial charge in [0.05, 0.1) is 0 Å². The molecule has 1 saturated carbocycles. The fraction of sp³-hybridized carbons (Fsp3) is 0.391. The van der Waals surface area contributed by atoms with Crippen molar-refractivity contribution in [2.24, 2.45) is 5.92 Å². The molecule has 0 unspecified atom stereocenters. The van der Waals surface area contributed by atoms with E-state index < -0.39 is 0 Å². The van der Waals surface area contributed by atoms with Crippen LogP contribution in [0.3, 0.4) is 0 Å². The second-order valence-corrected chi connectivity index (χ2v) is 7.66. The Kier molecular flexibility index (Phi) is 5.23. The van der Waals surface area contributed by atoms with Crippen molar-refractivity contribution in [3.05, 3.63) is 48.0 Å². The first kappa shape index (κ1) is 17.8. The van der Waals surface area contributed by atoms with Crippen LogP contribution in [0.5, 0.6) is 0 Å². The van der Waals surface area contributed by atoms with Crippen LogP contribution in [-0.2, 0) is 4.79 Å². The van der Waals surface area contributed by atoms with Gasteiger partial charge in [-0.15, -0.1) is 0 Å². The zero-order chi connectivity index (χ0) is 18.6. The molecule has 0 aliphatic heterocycles. The Hall–Kier alpha value is -2.62. The SMILES string of the molecule is Cc1cccc(-c2nc3ccc(NC(=O)CCC4CCCCC4)cc3o2)c1. The van der Waals surface area contributed by atoms with E-state index in [-0.39, 0.29) is 5.91 Å². The number of aryl methyl sites for hydroxylation is 1. The molecule has 3 aromatic rings. The van der Waals surface area contributed by atoms with Gasteiger partial charge in [0.2, 0.25) is 11.8 Å². The van der Waals surface area contributed by atoms with Gasteiger partial charge < -0.3 is 9.73 Å². The van der Waals surface area contributed by atoms with E-state index in [0.717, 1.165) is 29.1 Å². The van der Waals surface area contributed by atoms with E-state index in [4.69, 9.17) is 4.42 Å². The van der Waals surface area contributed by atoms with Crippen LogP contribution < -0.4 is 5.32 Å². The monoisotopic (exact) mass is 362 g/mol. The first-order valence-electron chi connectivity index (χ1n) is 9.95. The highest BCUT2D eigenvalue weighted by atomic mass is 16.3. The molecule has 0 spiro atoms. The van der Waals surface area contributed by atoms with Gasteiger partial charge in [-0.25, -0.2) is 4.98 Å². The first-order chi connectivity index (χ1) is 13.2. The lowest BCUT2D eigenvalue weighted by atomic mass is 9.86. The molecule has 0 bridgehead atoms. The number of nitrogens with one attached hydrogen (secondary N) is 1. The third-order valence-corrected chi connectivity index (χ3v) is 5.44. The molecule has 1 amide bonds. The van der Waals surface area contributed by atoms with Crippen LogP contribution in [0.2, 0.25) is 0 Å². The van der Waals surface area contributed by atoms with Crippen molar-refractivity contribution in [2.75, 3.05) is 5.32 Å². The average molecular weight is 362 g/mol. The highest BCUT2D eigenvalue weighted by molar-refractivity contribution is 5.93. The molecule has 0 atom stereocenters. The summed E-state index contributed by atoms with van der Waals surface area (Å²) in [6.45, 7) is 2.05. The third-order valence-electron chi connectivity index (χ3n) is 5.44. The minimum Gasteiger partial charge on any atom is -0.436 e. The molecule has 1 aliphatic carbocycles. The molecular formula is C23H26N2O2. The van der Waals surface area contributed by atoms with Crippen molar-refractivity contribution in [1.29, 1.82) is 0 Å². The fourth-order valence-corrected chi connectivity index (χ4v) is 3.94. The van der Waals surface area contributed by atoms with E-state index in [1.807, 2.05) is 43.3 Å². The lowest BCUT2D eigenvalue weighted by Gasteiger charge is -2.20. The average Bonchev–Trinajstić information content (AvgIpc) is 3.11. The number of anilines is 1. The predicted molar refractivity (Wildman–Crippen MR) is 109 cm³/mol. The van der Waals surface area contributed by atoms with Crippen LogP contribution in [0, 0.1) is 12.8 Å². The number of rotatable bonds is 5. The van der Waals surface area contributed by atoms with Gasteiger partial charge in [0.25, 0.3) is 0 Å². The topological polar surface area (TPSA) is 55.1 Å². The van der Waals surface area contributed by atoms with E-state index >= 15 is 0 Å². The molecule has 0 saturated heterocycles. The van der Waals surface area contributed by atoms with E-state index in [9.17, 15) is 4.79 Å². The smallest absolute Gasteiger partial charge is 0.227 e. The maximum atomic E-state index is 12.3. The van der Waals surface area contributed by atoms with Crippen LogP contribution in [0.25, 0.3) is 22.6 Å². The molecule has 140 valence electrons. The van der Waals surface area contributed by atoms with Gasteiger partial charge in [-0.2, -0.15) is 0 Å². The van der Waals surface area contributed by atoms with E-state index in [0.29, 0.717) is 17.9 Å². The first-order valence-corrected chi connectivity index (χ1v) is 9.95. The Labute approximate surface area is 160 Å². The van der Waals surface area contributed by atoms with E-state index in [1.54, 1.807) is 0 Å². The van der Waals surface area contributed by atoms with Crippen molar-refractivity contribution >= 4 is 22.7 Å². The zero-order valence-corrected chi connectivity index (χ0v) is 15.8. The molecule has 1 aromatic heterocycles. The molecule has 1 aliphatic rings. The Morgan fingerprint density at radius 2 is 2.00 bits per heavy atom. The van der Waals surface area contributed by atoms with E-state index in [2.05, 4.69) is 16.4 Å². The molecule has 2 aromatic carbocycles. The summed E-state index contributed by atoms with van der Waals surface area (Å²) in [7, 11) is 0. The second kappa shape index (κ2) is 7.95. The summed E-state index contributed by atoms with van der Waals surface area (Å²) < 4.78 is 5.92. The van der Waals surface area contributed by atoms with Crippen LogP contribution in [0.1, 0.15) is 50.5 Å². The summed E-state index contributed by atoms with van der Waals surface area (Å²) in [5, 5.41) is 3.01. The molecule has 4 heteroatoms. The molecule has 4 rings (SSSR count). The lowest BCUT2D eigenvalue weighted by molar-refractivity contribution is -0.116. The normalized spacial score (nSPS) is 15.1. The highest BCUT2D eigenvalue weighted by Crippen LogP contribution is 2.28. The maximum absolute atomic E-state index is 12.3. The minimum atomic E-state index is 0.0818. The van der Waals surface area contributed by atoms with Crippen molar-refractivity contribution in [1.82, 2.24) is 4.98 Å². The summed E-state index contributed by atoms with van der Waals surface area (Å²) in [5.74, 6) is 1.41. The summed E-state index contributed by atoms with van der Waals surface area (Å²) >= 11 is 0. The standard InChI is InChI=1S/C23H26N2O2/c1-16-6-5-9-18(14-16)23-25-20-12-11-19(15-21(20)27-23)24-22(26)13-10-17-7-3-2-4-8-17/h5-6,9,11-12,14-15,17H,2-4,7-8,10,13H2,1H3,(H,24,26). The van der Waals surface area contributed by atoms with Gasteiger partial charge in [-0.05, 0) is 43.5 Å². The number of hydrogen-bond acceptors (Lipinski definition) is 3. The van der Waals surface area contributed by atoms with Gasteiger partial charge in [0.1, 0.15) is 5.52 Å². The number of benzene rings is 2. The number of hydrogen-bond donors (Lipinski definition) is 1. The molecule has 4 nitrogen and oxygen atoms in total. The Morgan fingerprint density at radius 3 is 2.81 bits per heavy atom. The fourth-order valence-electron chi connectivity index (χ4n) is 3.94. The Morgan fingerprint density at radius 1 is 1.15 bits per heavy atom. The number of carbonyl (C=O) groups is 1. The number of carbonyl (C=O) groups excluding carboxylic acids is 1. The van der Waals surface area contributed by atoms with Gasteiger partial charge in [-0.1, -0.05) is 49.8 Å². The highest BCUT2D eigenvalue weighted by Gasteiger charge is 2.15. The molecule has 1 heterocycles. The van der Waals surface area contributed by atoms with Crippen molar-refractivity contribution in [3.8, 4) is 11.5 Å². The van der Waals surface area contributed by atoms with Crippen LogP contribution >= 0.6 is 0 Å². The molecular weight excluding hydrogens is 336 g/mol. The van der Waals surface area contributed by atoms with Crippen LogP contribution in [-0.4, -0.2) is 10.9 Å². The predicted octanol–water partition coefficient (Wildman–Crippen LogP) is 6.10. The number of fused-ring (bicyclic) bond motifs is 1. The maximum Gasteiger partial charge on any atom is 0.227 e. The molecule has 0 radical (unpaired) electrons. The molecule has 27 heavy (non-hydrogen) atoms. The van der Waals surface area contributed by atoms with E-state index in [1.165, 1.54) is 37.7 Å². The third kappa shape index (κ3) is 4.38. The largest absolute Gasteiger partial charge is 0.436 e. The van der Waals surface area contributed by atoms with Crippen LogP contribution in [0.4, 0.5) is 5.69 Å². The summed E-state index contributed by atoms with van der Waals surface area (Å²) in [5.41, 5.74) is 4.39. The number of oxazole rings is 1. The second-order valence-electron chi connectivity index (χ2n) is 7.66. The molecule has 1 N–H and O–H groups in total. The van der Waals surface area contributed by atoms with Gasteiger partial charge >= 0.3 is 0 Å². The van der Waals surface area contributed by atoms with Crippen molar-refractivity contribution in [3.63, 3.8) is 0 Å². The summed E-state index contributed by atoms with van der Waals surface area (Å²) in [6, 6.07) is 13.7. The summed E-state index contributed by atoms with van der Waals surface area (Å²) in [6.07, 6.45) is 8.12. The molecule has 1 fully saturated rings. The quantitative estimate of drug-likeness (QED) is 0.596. The Balaban J connectivity index is 1.42. The summed E-state index contributed by atoms with van der Waals surface area (Å²) in [4.78, 5) is 16.9. The number of nitrogens with zero attached hydrogens (tertiary/aromatic N) is 1. The van der Waals surface area contributed by atoms with Gasteiger partial charge in [0.15, 0.2) is 5.58 Å². The van der Waals surface area contributed by atoms with Crippen molar-refractivity contribution in [2.45, 2.75) is 51.9 Å². The van der Waals surface area contributed by atoms with Crippen LogP contribution in [0.15, 0.2) is 46.9 Å². The minimum absolute atomic E-state index is 0.0818. The Bertz CT molecular complexity index is 938. The zero-order valence-electron chi connectivity index (χ0n) is 15.8.